The minimum Gasteiger partial charge on any atom is -0.456 e. The van der Waals surface area contributed by atoms with E-state index < -0.39 is 0 Å². The van der Waals surface area contributed by atoms with Crippen molar-refractivity contribution < 1.29 is 8.83 Å². The van der Waals surface area contributed by atoms with Gasteiger partial charge in [0.15, 0.2) is 23.1 Å². The van der Waals surface area contributed by atoms with Crippen molar-refractivity contribution in [1.82, 2.24) is 19.9 Å². The maximum Gasteiger partial charge on any atom is 0.227 e. The number of hydrogen-bond acceptors (Lipinski definition) is 6. The predicted octanol–water partition coefficient (Wildman–Crippen LogP) is 11.4. The summed E-state index contributed by atoms with van der Waals surface area (Å²) >= 11 is 0. The molecule has 7 aromatic carbocycles. The Balaban J connectivity index is 1.20. The van der Waals surface area contributed by atoms with Crippen molar-refractivity contribution in [3.8, 4) is 56.7 Å². The third-order valence-electron chi connectivity index (χ3n) is 9.14. The summed E-state index contributed by atoms with van der Waals surface area (Å²) in [5, 5.41) is 4.11. The quantitative estimate of drug-likeness (QED) is 0.186. The molecule has 6 heteroatoms. The molecule has 0 N–H and O–H groups in total. The Morgan fingerprint density at radius 1 is 0.360 bits per heavy atom. The van der Waals surface area contributed by atoms with Crippen LogP contribution >= 0.6 is 0 Å². The molecule has 0 fully saturated rings. The van der Waals surface area contributed by atoms with E-state index in [0.717, 1.165) is 71.6 Å². The van der Waals surface area contributed by atoms with Gasteiger partial charge in [0.25, 0.3) is 0 Å². The first-order chi connectivity index (χ1) is 24.7. The number of fused-ring (bicyclic) bond motifs is 5. The second-order valence-corrected chi connectivity index (χ2v) is 12.3. The summed E-state index contributed by atoms with van der Waals surface area (Å²) in [6, 6.07) is 53.1. The highest BCUT2D eigenvalue weighted by atomic mass is 16.4. The maximum absolute atomic E-state index is 6.45. The van der Waals surface area contributed by atoms with Gasteiger partial charge in [0.1, 0.15) is 16.7 Å². The Labute approximate surface area is 286 Å². The largest absolute Gasteiger partial charge is 0.456 e. The molecule has 0 aliphatic heterocycles. The Morgan fingerprint density at radius 3 is 1.72 bits per heavy atom. The normalized spacial score (nSPS) is 11.6. The molecular weight excluding hydrogens is 617 g/mol. The molecule has 0 unspecified atom stereocenters. The fourth-order valence-corrected chi connectivity index (χ4v) is 6.77. The zero-order chi connectivity index (χ0) is 33.0. The van der Waals surface area contributed by atoms with E-state index in [-0.39, 0.29) is 0 Å². The molecule has 0 aliphatic carbocycles. The van der Waals surface area contributed by atoms with Crippen LogP contribution < -0.4 is 0 Å². The average molecular weight is 643 g/mol. The highest BCUT2D eigenvalue weighted by Gasteiger charge is 2.19. The van der Waals surface area contributed by atoms with E-state index in [9.17, 15) is 0 Å². The van der Waals surface area contributed by atoms with Crippen molar-refractivity contribution in [1.29, 1.82) is 0 Å². The van der Waals surface area contributed by atoms with Crippen LogP contribution in [0.3, 0.4) is 0 Å². The van der Waals surface area contributed by atoms with E-state index in [1.54, 1.807) is 0 Å². The van der Waals surface area contributed by atoms with Gasteiger partial charge in [-0.25, -0.2) is 19.9 Å². The van der Waals surface area contributed by atoms with Gasteiger partial charge in [-0.3, -0.25) is 0 Å². The number of hydrogen-bond donors (Lipinski definition) is 0. The van der Waals surface area contributed by atoms with Crippen LogP contribution in [-0.2, 0) is 0 Å². The van der Waals surface area contributed by atoms with E-state index in [4.69, 9.17) is 28.8 Å². The molecule has 0 bridgehead atoms. The Bertz CT molecular complexity index is 2800. The van der Waals surface area contributed by atoms with Crippen LogP contribution in [0.5, 0.6) is 0 Å². The molecule has 3 aromatic heterocycles. The van der Waals surface area contributed by atoms with Gasteiger partial charge in [0.05, 0.1) is 0 Å². The van der Waals surface area contributed by atoms with Gasteiger partial charge in [-0.05, 0) is 58.3 Å². The molecule has 50 heavy (non-hydrogen) atoms. The molecule has 0 aliphatic rings. The third-order valence-corrected chi connectivity index (χ3v) is 9.14. The van der Waals surface area contributed by atoms with E-state index >= 15 is 0 Å². The van der Waals surface area contributed by atoms with Gasteiger partial charge in [-0.2, -0.15) is 0 Å². The van der Waals surface area contributed by atoms with Crippen molar-refractivity contribution in [2.75, 3.05) is 0 Å². The Kier molecular flexibility index (Phi) is 6.39. The van der Waals surface area contributed by atoms with Crippen LogP contribution in [0.1, 0.15) is 0 Å². The number of benzene rings is 7. The summed E-state index contributed by atoms with van der Waals surface area (Å²) in [6.45, 7) is 0. The van der Waals surface area contributed by atoms with Gasteiger partial charge in [-0.15, -0.1) is 0 Å². The number of rotatable bonds is 5. The number of nitrogens with zero attached hydrogens (tertiary/aromatic N) is 4. The number of oxazole rings is 1. The second-order valence-electron chi connectivity index (χ2n) is 12.3. The summed E-state index contributed by atoms with van der Waals surface area (Å²) in [4.78, 5) is 19.9. The van der Waals surface area contributed by atoms with E-state index in [1.165, 1.54) is 0 Å². The molecule has 234 valence electrons. The highest BCUT2D eigenvalue weighted by Crippen LogP contribution is 2.41. The predicted molar refractivity (Wildman–Crippen MR) is 199 cm³/mol. The number of aromatic nitrogens is 4. The molecular formula is C44H26N4O2. The van der Waals surface area contributed by atoms with Crippen molar-refractivity contribution in [2.45, 2.75) is 0 Å². The monoisotopic (exact) mass is 642 g/mol. The molecule has 3 heterocycles. The van der Waals surface area contributed by atoms with Crippen LogP contribution in [-0.4, -0.2) is 19.9 Å². The molecule has 10 aromatic rings. The summed E-state index contributed by atoms with van der Waals surface area (Å²) in [5.74, 6) is 2.44. The topological polar surface area (TPSA) is 77.8 Å². The SMILES string of the molecule is c1ccc(-c2nc(-c3ccccc3)nc(-c3cc(-c4cccc5oc6cc7nc(-c8ccccc8)oc7cc6c45)cc4ccccc34)n2)cc1. The lowest BCUT2D eigenvalue weighted by atomic mass is 9.93. The third kappa shape index (κ3) is 4.73. The first kappa shape index (κ1) is 28.1. The van der Waals surface area contributed by atoms with Crippen molar-refractivity contribution in [3.63, 3.8) is 0 Å². The highest BCUT2D eigenvalue weighted by molar-refractivity contribution is 6.15. The first-order valence-corrected chi connectivity index (χ1v) is 16.5. The van der Waals surface area contributed by atoms with Gasteiger partial charge in [-0.1, -0.05) is 115 Å². The van der Waals surface area contributed by atoms with Crippen LogP contribution in [0.25, 0.3) is 101 Å². The van der Waals surface area contributed by atoms with Crippen LogP contribution in [0.2, 0.25) is 0 Å². The van der Waals surface area contributed by atoms with Crippen LogP contribution in [0.15, 0.2) is 167 Å². The summed E-state index contributed by atoms with van der Waals surface area (Å²) in [5.41, 5.74) is 8.78. The molecule has 0 radical (unpaired) electrons. The Hall–Kier alpha value is -6.92. The lowest BCUT2D eigenvalue weighted by Gasteiger charge is -2.13. The second kappa shape index (κ2) is 11.4. The van der Waals surface area contributed by atoms with E-state index in [2.05, 4.69) is 42.5 Å². The van der Waals surface area contributed by atoms with Crippen molar-refractivity contribution >= 4 is 43.8 Å². The van der Waals surface area contributed by atoms with Gasteiger partial charge < -0.3 is 8.83 Å². The van der Waals surface area contributed by atoms with E-state index in [1.807, 2.05) is 115 Å². The minimum atomic E-state index is 0.582. The number of furan rings is 1. The first-order valence-electron chi connectivity index (χ1n) is 16.5. The average Bonchev–Trinajstić information content (AvgIpc) is 3.78. The lowest BCUT2D eigenvalue weighted by Crippen LogP contribution is -2.00. The summed E-state index contributed by atoms with van der Waals surface area (Å²) < 4.78 is 12.7. The molecule has 0 atom stereocenters. The minimum absolute atomic E-state index is 0.582. The zero-order valence-corrected chi connectivity index (χ0v) is 26.6. The van der Waals surface area contributed by atoms with Gasteiger partial charge >= 0.3 is 0 Å². The molecule has 0 saturated heterocycles. The van der Waals surface area contributed by atoms with Crippen LogP contribution in [0, 0.1) is 0 Å². The smallest absolute Gasteiger partial charge is 0.227 e. The fourth-order valence-electron chi connectivity index (χ4n) is 6.77. The molecule has 0 spiro atoms. The lowest BCUT2D eigenvalue weighted by molar-refractivity contribution is 0.620. The van der Waals surface area contributed by atoms with Crippen molar-refractivity contribution in [3.05, 3.63) is 158 Å². The molecule has 0 amide bonds. The van der Waals surface area contributed by atoms with Gasteiger partial charge in [0, 0.05) is 39.1 Å². The summed E-state index contributed by atoms with van der Waals surface area (Å²) in [7, 11) is 0. The van der Waals surface area contributed by atoms with Crippen LogP contribution in [0.4, 0.5) is 0 Å². The standard InChI is InChI=1S/C44H26N4O2/c1-4-13-27(14-5-1)41-46-42(28-15-6-2-7-16-28)48-43(47-41)34-24-31(23-30-19-10-11-20-32(30)34)33-21-12-22-37-40(33)35-25-39-36(26-38(35)49-37)45-44(50-39)29-17-8-3-9-18-29/h1-26H. The van der Waals surface area contributed by atoms with Gasteiger partial charge in [0.2, 0.25) is 5.89 Å². The van der Waals surface area contributed by atoms with Crippen molar-refractivity contribution in [2.24, 2.45) is 0 Å². The zero-order valence-electron chi connectivity index (χ0n) is 26.6. The fraction of sp³-hybridized carbons (Fsp3) is 0. The van der Waals surface area contributed by atoms with E-state index in [0.29, 0.717) is 28.9 Å². The molecule has 0 saturated carbocycles. The summed E-state index contributed by atoms with van der Waals surface area (Å²) in [6.07, 6.45) is 0. The maximum atomic E-state index is 6.45. The Morgan fingerprint density at radius 2 is 1.00 bits per heavy atom. The molecule has 10 rings (SSSR count). The molecule has 6 nitrogen and oxygen atoms in total.